The van der Waals surface area contributed by atoms with Crippen LogP contribution in [0, 0.1) is 0 Å². The zero-order valence-corrected chi connectivity index (χ0v) is 46.7. The van der Waals surface area contributed by atoms with Gasteiger partial charge >= 0.3 is 0 Å². The van der Waals surface area contributed by atoms with Crippen LogP contribution in [-0.4, -0.2) is 66.1 Å². The molecule has 0 amide bonds. The molecule has 0 fully saturated rings. The van der Waals surface area contributed by atoms with E-state index in [4.69, 9.17) is 47.4 Å². The van der Waals surface area contributed by atoms with Crippen molar-refractivity contribution in [3.8, 4) is 57.5 Å². The van der Waals surface area contributed by atoms with Crippen LogP contribution in [-0.2, 0) is 32.1 Å². The summed E-state index contributed by atoms with van der Waals surface area (Å²) in [5.41, 5.74) is 9.81. The maximum atomic E-state index is 6.43. The van der Waals surface area contributed by atoms with Gasteiger partial charge < -0.3 is 47.4 Å². The molecule has 0 atom stereocenters. The van der Waals surface area contributed by atoms with Gasteiger partial charge in [-0.2, -0.15) is 0 Å². The van der Waals surface area contributed by atoms with Crippen molar-refractivity contribution >= 4 is 0 Å². The van der Waals surface area contributed by atoms with Gasteiger partial charge in [0, 0.05) is 87.7 Å². The third-order valence-electron chi connectivity index (χ3n) is 12.6. The van der Waals surface area contributed by atoms with E-state index in [9.17, 15) is 0 Å². The quantitative estimate of drug-likeness (QED) is 0.0516. The smallest absolute Gasteiger partial charge is 0.123 e. The molecule has 0 radical (unpaired) electrons. The molecule has 10 heteroatoms. The Bertz CT molecular complexity index is 1910. The summed E-state index contributed by atoms with van der Waals surface area (Å²) in [6, 6.07) is 21.2. The molecule has 73 heavy (non-hydrogen) atoms. The molecule has 0 aromatic heterocycles. The van der Waals surface area contributed by atoms with Crippen molar-refractivity contribution in [2.75, 3.05) is 66.1 Å². The summed E-state index contributed by atoms with van der Waals surface area (Å²) >= 11 is 0. The van der Waals surface area contributed by atoms with Gasteiger partial charge in [0.15, 0.2) is 0 Å². The Morgan fingerprint density at radius 3 is 0.425 bits per heavy atom. The fourth-order valence-corrected chi connectivity index (χ4v) is 9.38. The topological polar surface area (TPSA) is 92.3 Å². The van der Waals surface area contributed by atoms with E-state index in [1.807, 2.05) is 69.2 Å². The second-order valence-corrected chi connectivity index (χ2v) is 18.0. The van der Waals surface area contributed by atoms with E-state index in [-0.39, 0.29) is 0 Å². The first-order valence-corrected chi connectivity index (χ1v) is 27.7. The number of unbranched alkanes of at least 4 members (excludes halogenated alkanes) is 5. The van der Waals surface area contributed by atoms with Crippen LogP contribution in [0.25, 0.3) is 0 Å². The van der Waals surface area contributed by atoms with Gasteiger partial charge in [-0.25, -0.2) is 0 Å². The average Bonchev–Trinajstić information content (AvgIpc) is 3.37. The van der Waals surface area contributed by atoms with Gasteiger partial charge in [0.05, 0.1) is 66.1 Å². The molecular formula is C63H88O10. The second-order valence-electron chi connectivity index (χ2n) is 18.0. The van der Waals surface area contributed by atoms with Crippen LogP contribution in [0.2, 0.25) is 0 Å². The molecule has 400 valence electrons. The Balaban J connectivity index is 0.00000114. The predicted octanol–water partition coefficient (Wildman–Crippen LogP) is 15.3. The fourth-order valence-electron chi connectivity index (χ4n) is 9.38. The van der Waals surface area contributed by atoms with E-state index in [1.54, 1.807) is 0 Å². The first kappa shape index (κ1) is 58.0. The highest BCUT2D eigenvalue weighted by molar-refractivity contribution is 5.59. The van der Waals surface area contributed by atoms with Gasteiger partial charge in [0.2, 0.25) is 0 Å². The zero-order chi connectivity index (χ0) is 52.5. The Labute approximate surface area is 439 Å². The molecule has 0 saturated heterocycles. The third-order valence-corrected chi connectivity index (χ3v) is 12.6. The molecule has 0 heterocycles. The predicted molar refractivity (Wildman–Crippen MR) is 297 cm³/mol. The first-order chi connectivity index (χ1) is 35.6. The number of rotatable bonds is 25. The summed E-state index contributed by atoms with van der Waals surface area (Å²) in [5.74, 6) is 7.80. The molecule has 0 saturated carbocycles. The van der Waals surface area contributed by atoms with E-state index < -0.39 is 0 Å². The molecular weight excluding hydrogens is 917 g/mol. The molecule has 15 rings (SSSR count). The third kappa shape index (κ3) is 16.3. The second kappa shape index (κ2) is 31.0. The highest BCUT2D eigenvalue weighted by Gasteiger charge is 2.24. The van der Waals surface area contributed by atoms with Crippen LogP contribution in [0.1, 0.15) is 177 Å². The van der Waals surface area contributed by atoms with Crippen molar-refractivity contribution in [3.05, 3.63) is 116 Å². The molecule has 5 aromatic carbocycles. The Kier molecular flexibility index (Phi) is 24.6. The van der Waals surface area contributed by atoms with Gasteiger partial charge in [0.25, 0.3) is 0 Å². The molecule has 10 bridgehead atoms. The minimum atomic E-state index is 0.496. The normalized spacial score (nSPS) is 11.9. The molecule has 10 nitrogen and oxygen atoms in total. The Hall–Kier alpha value is -5.90. The first-order valence-electron chi connectivity index (χ1n) is 27.7. The minimum absolute atomic E-state index is 0.496. The van der Waals surface area contributed by atoms with E-state index >= 15 is 0 Å². The summed E-state index contributed by atoms with van der Waals surface area (Å²) in [5, 5.41) is 0. The number of benzene rings is 5. The van der Waals surface area contributed by atoms with Crippen molar-refractivity contribution in [1.82, 2.24) is 0 Å². The maximum absolute atomic E-state index is 6.43. The van der Waals surface area contributed by atoms with Gasteiger partial charge in [-0.05, 0) is 130 Å². The highest BCUT2D eigenvalue weighted by atomic mass is 16.5. The molecule has 10 aliphatic rings. The van der Waals surface area contributed by atoms with Crippen molar-refractivity contribution in [1.29, 1.82) is 0 Å². The summed E-state index contributed by atoms with van der Waals surface area (Å²) in [7, 11) is 0. The Morgan fingerprint density at radius 2 is 0.329 bits per heavy atom. The SMILES string of the molecule is CCCCCCCC.CCOc1cc2c(OCC)cc1Cc1cc(OCC)c(cc1OCC)Cc1cc(OCC)c(cc1OCC)Cc1cc(OCC)c(cc1OCC)Cc1cc(OCC)c(cc1OCC)C2. The molecule has 0 N–H and O–H groups in total. The maximum Gasteiger partial charge on any atom is 0.123 e. The number of hydrogen-bond acceptors (Lipinski definition) is 10. The number of ether oxygens (including phenoxy) is 10. The standard InChI is InChI=1S/C55H70O10.C8H18/c1-11-56-46-26-37-22-39-29-51(61-16-6)41(31-50(39)60-15-5)24-43-33-55(65-20-10)45(35-54(43)64-19-9)25-44-34-52(62-17-7)42(32-53(44)63-18-8)23-40-30-48(58-13-3)38(28-49(40)59-14-4)21-36(46)27-47(37)57-12-2;1-3-5-7-8-6-4-2/h26-35H,11-25H2,1-10H3;3-8H2,1-2H3. The van der Waals surface area contributed by atoms with Crippen molar-refractivity contribution in [3.63, 3.8) is 0 Å². The summed E-state index contributed by atoms with van der Waals surface area (Å²) in [6.45, 7) is 29.6. The largest absolute Gasteiger partial charge is 0.494 e. The summed E-state index contributed by atoms with van der Waals surface area (Å²) in [6.07, 6.45) is 11.1. The lowest BCUT2D eigenvalue weighted by Gasteiger charge is -2.21. The molecule has 10 aliphatic carbocycles. The molecule has 0 spiro atoms. The van der Waals surface area contributed by atoms with Crippen molar-refractivity contribution in [2.45, 2.75) is 154 Å². The van der Waals surface area contributed by atoms with Gasteiger partial charge in [0.1, 0.15) is 57.5 Å². The van der Waals surface area contributed by atoms with Crippen LogP contribution in [0.5, 0.6) is 57.5 Å². The van der Waals surface area contributed by atoms with Gasteiger partial charge in [-0.1, -0.05) is 52.4 Å². The van der Waals surface area contributed by atoms with Crippen LogP contribution < -0.4 is 47.4 Å². The lowest BCUT2D eigenvalue weighted by Crippen LogP contribution is -2.08. The van der Waals surface area contributed by atoms with Crippen molar-refractivity contribution in [2.24, 2.45) is 0 Å². The lowest BCUT2D eigenvalue weighted by atomic mass is 9.94. The Morgan fingerprint density at radius 1 is 0.205 bits per heavy atom. The van der Waals surface area contributed by atoms with Gasteiger partial charge in [-0.3, -0.25) is 0 Å². The zero-order valence-electron chi connectivity index (χ0n) is 46.7. The van der Waals surface area contributed by atoms with E-state index in [0.29, 0.717) is 98.2 Å². The highest BCUT2D eigenvalue weighted by Crippen LogP contribution is 2.43. The fraction of sp³-hybridized carbons (Fsp3) is 0.524. The molecule has 5 aromatic rings. The van der Waals surface area contributed by atoms with Gasteiger partial charge in [-0.15, -0.1) is 0 Å². The van der Waals surface area contributed by atoms with Crippen LogP contribution >= 0.6 is 0 Å². The van der Waals surface area contributed by atoms with E-state index in [0.717, 1.165) is 113 Å². The minimum Gasteiger partial charge on any atom is -0.494 e. The summed E-state index contributed by atoms with van der Waals surface area (Å²) in [4.78, 5) is 0. The van der Waals surface area contributed by atoms with Crippen molar-refractivity contribution < 1.29 is 47.4 Å². The van der Waals surface area contributed by atoms with Crippen LogP contribution in [0.15, 0.2) is 60.7 Å². The van der Waals surface area contributed by atoms with E-state index in [2.05, 4.69) is 74.5 Å². The van der Waals surface area contributed by atoms with Crippen LogP contribution in [0.3, 0.4) is 0 Å². The number of hydrogen-bond donors (Lipinski definition) is 0. The average molecular weight is 1010 g/mol. The molecule has 0 aliphatic heterocycles. The van der Waals surface area contributed by atoms with Crippen LogP contribution in [0.4, 0.5) is 0 Å². The summed E-state index contributed by atoms with van der Waals surface area (Å²) < 4.78 is 64.3. The van der Waals surface area contributed by atoms with E-state index in [1.165, 1.54) is 38.5 Å². The monoisotopic (exact) mass is 1000 g/mol. The lowest BCUT2D eigenvalue weighted by molar-refractivity contribution is 0.320. The molecule has 0 unspecified atom stereocenters.